The molecule has 4 atom stereocenters. The standard InChI is InChI=1S/C20H21F2NO5.ClH/c1-12-19(28-16-8-4-14(22)5-9-16)18(11-25-10-17(23)20(24)26-12)27-15-6-2-13(21)3-7-15;/h2-9,12,17-19H,10-11,23H2,1H3;1H/t12-,17-,18-,19-;/m0./s1. The van der Waals surface area contributed by atoms with E-state index in [4.69, 9.17) is 18.9 Å². The summed E-state index contributed by atoms with van der Waals surface area (Å²) < 4.78 is 49.3. The molecule has 0 spiro atoms. The van der Waals surface area contributed by atoms with Crippen LogP contribution in [-0.2, 0) is 14.3 Å². The normalized spacial score (nSPS) is 24.9. The molecule has 3 N–H and O–H groups in total. The Bertz CT molecular complexity index is 790. The first-order valence-electron chi connectivity index (χ1n) is 8.88. The SMILES string of the molecule is C[C@@H]1OC(=O)[C@@H]([NH3+])COC[C@H](Oc2ccc(F)cc2)[C@H]1Oc1ccc(F)cc1.[Cl-]. The Morgan fingerprint density at radius 3 is 2.00 bits per heavy atom. The summed E-state index contributed by atoms with van der Waals surface area (Å²) in [5.74, 6) is -0.510. The van der Waals surface area contributed by atoms with E-state index in [-0.39, 0.29) is 31.4 Å². The second kappa shape index (κ2) is 10.4. The largest absolute Gasteiger partial charge is 1.00 e. The van der Waals surface area contributed by atoms with Crippen molar-refractivity contribution in [2.24, 2.45) is 0 Å². The van der Waals surface area contributed by atoms with Gasteiger partial charge in [0.1, 0.15) is 35.8 Å². The van der Waals surface area contributed by atoms with E-state index in [0.717, 1.165) is 0 Å². The van der Waals surface area contributed by atoms with Gasteiger partial charge in [-0.1, -0.05) is 0 Å². The highest BCUT2D eigenvalue weighted by molar-refractivity contribution is 5.74. The van der Waals surface area contributed by atoms with E-state index in [1.165, 1.54) is 48.5 Å². The van der Waals surface area contributed by atoms with Crippen molar-refractivity contribution < 1.29 is 50.7 Å². The summed E-state index contributed by atoms with van der Waals surface area (Å²) in [5.41, 5.74) is 3.73. The topological polar surface area (TPSA) is 81.6 Å². The van der Waals surface area contributed by atoms with Gasteiger partial charge in [0, 0.05) is 0 Å². The lowest BCUT2D eigenvalue weighted by atomic mass is 10.1. The highest BCUT2D eigenvalue weighted by atomic mass is 35.5. The first-order valence-corrected chi connectivity index (χ1v) is 8.88. The molecule has 2 aromatic rings. The van der Waals surface area contributed by atoms with E-state index in [2.05, 4.69) is 5.73 Å². The van der Waals surface area contributed by atoms with E-state index in [1.807, 2.05) is 0 Å². The van der Waals surface area contributed by atoms with E-state index in [9.17, 15) is 13.6 Å². The van der Waals surface area contributed by atoms with Crippen LogP contribution in [-0.4, -0.2) is 43.5 Å². The van der Waals surface area contributed by atoms with Crippen LogP contribution in [0.2, 0.25) is 0 Å². The Morgan fingerprint density at radius 1 is 0.931 bits per heavy atom. The number of ether oxygens (including phenoxy) is 4. The molecule has 158 valence electrons. The fourth-order valence-electron chi connectivity index (χ4n) is 2.77. The molecular formula is C20H22ClF2NO5. The molecule has 29 heavy (non-hydrogen) atoms. The minimum absolute atomic E-state index is 0. The number of quaternary nitrogens is 1. The molecule has 1 aliphatic rings. The Balaban J connectivity index is 0.00000300. The molecule has 9 heteroatoms. The van der Waals surface area contributed by atoms with Crippen LogP contribution >= 0.6 is 0 Å². The summed E-state index contributed by atoms with van der Waals surface area (Å²) >= 11 is 0. The van der Waals surface area contributed by atoms with Crippen molar-refractivity contribution in [3.8, 4) is 11.5 Å². The summed E-state index contributed by atoms with van der Waals surface area (Å²) in [6, 6.07) is 10.3. The maximum atomic E-state index is 13.2. The Labute approximate surface area is 173 Å². The monoisotopic (exact) mass is 429 g/mol. The maximum Gasteiger partial charge on any atom is 0.367 e. The summed E-state index contributed by atoms with van der Waals surface area (Å²) in [6.45, 7) is 1.83. The van der Waals surface area contributed by atoms with Crippen molar-refractivity contribution in [3.05, 3.63) is 60.2 Å². The highest BCUT2D eigenvalue weighted by Gasteiger charge is 2.37. The molecule has 0 unspecified atom stereocenters. The number of halogens is 3. The van der Waals surface area contributed by atoms with Crippen LogP contribution < -0.4 is 27.6 Å². The third-order valence-corrected chi connectivity index (χ3v) is 4.25. The second-order valence-corrected chi connectivity index (χ2v) is 6.52. The van der Waals surface area contributed by atoms with Gasteiger partial charge in [-0.25, -0.2) is 13.6 Å². The number of cyclic esters (lactones) is 1. The van der Waals surface area contributed by atoms with Gasteiger partial charge in [-0.15, -0.1) is 0 Å². The molecular weight excluding hydrogens is 408 g/mol. The van der Waals surface area contributed by atoms with Gasteiger partial charge < -0.3 is 37.1 Å². The van der Waals surface area contributed by atoms with Gasteiger partial charge in [0.15, 0.2) is 12.2 Å². The molecule has 0 saturated carbocycles. The van der Waals surface area contributed by atoms with Gasteiger partial charge in [0.05, 0.1) is 6.61 Å². The van der Waals surface area contributed by atoms with Crippen molar-refractivity contribution in [2.45, 2.75) is 31.3 Å². The molecule has 6 nitrogen and oxygen atoms in total. The van der Waals surface area contributed by atoms with Crippen LogP contribution in [0.3, 0.4) is 0 Å². The van der Waals surface area contributed by atoms with E-state index in [1.54, 1.807) is 6.92 Å². The highest BCUT2D eigenvalue weighted by Crippen LogP contribution is 2.23. The van der Waals surface area contributed by atoms with Crippen molar-refractivity contribution in [1.29, 1.82) is 0 Å². The van der Waals surface area contributed by atoms with Crippen molar-refractivity contribution in [3.63, 3.8) is 0 Å². The van der Waals surface area contributed by atoms with Crippen molar-refractivity contribution >= 4 is 5.97 Å². The second-order valence-electron chi connectivity index (χ2n) is 6.52. The number of carbonyl (C=O) groups is 1. The Kier molecular flexibility index (Phi) is 8.19. The van der Waals surface area contributed by atoms with Crippen LogP contribution in [0.5, 0.6) is 11.5 Å². The lowest BCUT2D eigenvalue weighted by Crippen LogP contribution is -3.00. The predicted molar refractivity (Wildman–Crippen MR) is 94.7 cm³/mol. The van der Waals surface area contributed by atoms with Gasteiger partial charge in [-0.05, 0) is 55.5 Å². The van der Waals surface area contributed by atoms with E-state index in [0.29, 0.717) is 11.5 Å². The number of hydrogen-bond acceptors (Lipinski definition) is 5. The molecule has 3 rings (SSSR count). The van der Waals surface area contributed by atoms with Crippen molar-refractivity contribution in [2.75, 3.05) is 13.2 Å². The van der Waals surface area contributed by atoms with Gasteiger partial charge in [-0.2, -0.15) is 0 Å². The van der Waals surface area contributed by atoms with Gasteiger partial charge in [-0.3, -0.25) is 0 Å². The van der Waals surface area contributed by atoms with Crippen LogP contribution in [0.4, 0.5) is 8.78 Å². The lowest BCUT2D eigenvalue weighted by molar-refractivity contribution is -0.415. The predicted octanol–water partition coefficient (Wildman–Crippen LogP) is -1.26. The number of esters is 1. The zero-order valence-electron chi connectivity index (χ0n) is 15.7. The molecule has 0 aromatic heterocycles. The van der Waals surface area contributed by atoms with Crippen LogP contribution in [0.25, 0.3) is 0 Å². The average Bonchev–Trinajstić information content (AvgIpc) is 2.71. The van der Waals surface area contributed by atoms with Crippen molar-refractivity contribution in [1.82, 2.24) is 0 Å². The molecule has 1 heterocycles. The number of benzene rings is 2. The number of hydrogen-bond donors (Lipinski definition) is 1. The minimum atomic E-state index is -0.759. The van der Waals surface area contributed by atoms with E-state index < -0.39 is 36.1 Å². The maximum absolute atomic E-state index is 13.2. The molecule has 1 saturated heterocycles. The Morgan fingerprint density at radius 2 is 1.45 bits per heavy atom. The van der Waals surface area contributed by atoms with Crippen LogP contribution in [0, 0.1) is 11.6 Å². The minimum Gasteiger partial charge on any atom is -1.00 e. The number of rotatable bonds is 4. The molecule has 1 fully saturated rings. The first-order chi connectivity index (χ1) is 13.4. The third-order valence-electron chi connectivity index (χ3n) is 4.25. The molecule has 2 aromatic carbocycles. The quantitative estimate of drug-likeness (QED) is 0.613. The molecule has 1 aliphatic heterocycles. The average molecular weight is 430 g/mol. The van der Waals surface area contributed by atoms with E-state index >= 15 is 0 Å². The summed E-state index contributed by atoms with van der Waals surface area (Å²) in [7, 11) is 0. The fourth-order valence-corrected chi connectivity index (χ4v) is 2.77. The first kappa shape index (κ1) is 22.9. The fraction of sp³-hybridized carbons (Fsp3) is 0.350. The molecule has 0 aliphatic carbocycles. The summed E-state index contributed by atoms with van der Waals surface area (Å²) in [5, 5.41) is 0. The van der Waals surface area contributed by atoms with Crippen LogP contribution in [0.15, 0.2) is 48.5 Å². The molecule has 0 bridgehead atoms. The van der Waals surface area contributed by atoms with Gasteiger partial charge in [0.2, 0.25) is 6.04 Å². The molecule has 0 amide bonds. The van der Waals surface area contributed by atoms with Gasteiger partial charge in [0.25, 0.3) is 0 Å². The third kappa shape index (κ3) is 6.28. The number of carbonyl (C=O) groups excluding carboxylic acids is 1. The Hall–Kier alpha value is -2.42. The molecule has 0 radical (unpaired) electrons. The smallest absolute Gasteiger partial charge is 0.367 e. The zero-order valence-corrected chi connectivity index (χ0v) is 16.5. The lowest BCUT2D eigenvalue weighted by Gasteiger charge is -2.31. The van der Waals surface area contributed by atoms with Crippen LogP contribution in [0.1, 0.15) is 6.92 Å². The summed E-state index contributed by atoms with van der Waals surface area (Å²) in [4.78, 5) is 12.1. The van der Waals surface area contributed by atoms with Gasteiger partial charge >= 0.3 is 5.97 Å². The summed E-state index contributed by atoms with van der Waals surface area (Å²) in [6.07, 6.45) is -2.14. The zero-order chi connectivity index (χ0) is 20.1.